The van der Waals surface area contributed by atoms with Crippen molar-refractivity contribution in [2.24, 2.45) is 5.92 Å². The van der Waals surface area contributed by atoms with Gasteiger partial charge in [0, 0.05) is 18.7 Å². The molecule has 94 valence electrons. The van der Waals surface area contributed by atoms with Gasteiger partial charge in [-0.2, -0.15) is 8.78 Å². The van der Waals surface area contributed by atoms with E-state index >= 15 is 0 Å². The van der Waals surface area contributed by atoms with E-state index in [1.54, 1.807) is 18.2 Å². The Labute approximate surface area is 100.0 Å². The van der Waals surface area contributed by atoms with Crippen molar-refractivity contribution in [3.05, 3.63) is 35.9 Å². The van der Waals surface area contributed by atoms with Crippen LogP contribution in [0.2, 0.25) is 0 Å². The van der Waals surface area contributed by atoms with Crippen LogP contribution in [0.4, 0.5) is 8.78 Å². The van der Waals surface area contributed by atoms with Crippen molar-refractivity contribution in [2.45, 2.75) is 12.3 Å². The molecule has 1 aromatic rings. The molecule has 2 nitrogen and oxygen atoms in total. The van der Waals surface area contributed by atoms with Crippen LogP contribution in [-0.2, 0) is 10.7 Å². The summed E-state index contributed by atoms with van der Waals surface area (Å²) in [7, 11) is 0. The molecule has 0 aliphatic carbocycles. The van der Waals surface area contributed by atoms with Crippen molar-refractivity contribution in [2.75, 3.05) is 26.3 Å². The first-order chi connectivity index (χ1) is 8.18. The first kappa shape index (κ1) is 12.5. The van der Waals surface area contributed by atoms with Crippen LogP contribution >= 0.6 is 0 Å². The quantitative estimate of drug-likeness (QED) is 0.854. The van der Waals surface area contributed by atoms with Gasteiger partial charge in [0.05, 0.1) is 13.2 Å². The molecule has 0 aromatic heterocycles. The lowest BCUT2D eigenvalue weighted by Crippen LogP contribution is -2.34. The number of rotatable bonds is 5. The molecule has 1 fully saturated rings. The smallest absolute Gasteiger partial charge is 0.285 e. The highest BCUT2D eigenvalue weighted by molar-refractivity contribution is 5.20. The van der Waals surface area contributed by atoms with Crippen molar-refractivity contribution < 1.29 is 13.5 Å². The Bertz CT molecular complexity index is 337. The van der Waals surface area contributed by atoms with Gasteiger partial charge in [-0.05, 0) is 12.3 Å². The van der Waals surface area contributed by atoms with Crippen molar-refractivity contribution in [3.8, 4) is 0 Å². The third-order valence-corrected chi connectivity index (χ3v) is 3.00. The van der Waals surface area contributed by atoms with E-state index in [-0.39, 0.29) is 12.1 Å². The van der Waals surface area contributed by atoms with E-state index in [0.717, 1.165) is 13.0 Å². The summed E-state index contributed by atoms with van der Waals surface area (Å²) in [6, 6.07) is 7.92. The van der Waals surface area contributed by atoms with Gasteiger partial charge in [0.15, 0.2) is 0 Å². The first-order valence-corrected chi connectivity index (χ1v) is 5.90. The molecule has 0 radical (unpaired) electrons. The summed E-state index contributed by atoms with van der Waals surface area (Å²) in [5.74, 6) is -2.43. The standard InChI is InChI=1S/C13H17F2NO/c14-13(15,12-4-2-1-3-5-12)10-16-8-11-6-7-17-9-11/h1-5,11,16H,6-10H2. The van der Waals surface area contributed by atoms with Crippen LogP contribution in [0.15, 0.2) is 30.3 Å². The molecule has 1 atom stereocenters. The second-order valence-electron chi connectivity index (χ2n) is 4.43. The lowest BCUT2D eigenvalue weighted by atomic mass is 10.1. The number of ether oxygens (including phenoxy) is 1. The number of nitrogens with one attached hydrogen (secondary N) is 1. The Morgan fingerprint density at radius 3 is 2.71 bits per heavy atom. The number of benzene rings is 1. The highest BCUT2D eigenvalue weighted by Crippen LogP contribution is 2.26. The SMILES string of the molecule is FC(F)(CNCC1CCOC1)c1ccccc1. The Balaban J connectivity index is 1.80. The van der Waals surface area contributed by atoms with Crippen LogP contribution in [0.5, 0.6) is 0 Å². The van der Waals surface area contributed by atoms with Crippen LogP contribution < -0.4 is 5.32 Å². The molecule has 1 aromatic carbocycles. The second kappa shape index (κ2) is 5.56. The summed E-state index contributed by atoms with van der Waals surface area (Å²) in [4.78, 5) is 0. The molecule has 0 amide bonds. The van der Waals surface area contributed by atoms with Gasteiger partial charge in [0.2, 0.25) is 0 Å². The maximum absolute atomic E-state index is 13.7. The fourth-order valence-electron chi connectivity index (χ4n) is 1.96. The zero-order valence-corrected chi connectivity index (χ0v) is 9.66. The van der Waals surface area contributed by atoms with Gasteiger partial charge < -0.3 is 10.1 Å². The van der Waals surface area contributed by atoms with Gasteiger partial charge in [-0.25, -0.2) is 0 Å². The summed E-state index contributed by atoms with van der Waals surface area (Å²) in [6.07, 6.45) is 0.962. The van der Waals surface area contributed by atoms with Gasteiger partial charge in [-0.1, -0.05) is 30.3 Å². The molecule has 4 heteroatoms. The van der Waals surface area contributed by atoms with Crippen LogP contribution in [0.3, 0.4) is 0 Å². The summed E-state index contributed by atoms with van der Waals surface area (Å²) in [5, 5.41) is 2.84. The van der Waals surface area contributed by atoms with Crippen LogP contribution in [0.25, 0.3) is 0 Å². The minimum absolute atomic E-state index is 0.0650. The molecule has 0 bridgehead atoms. The molecule has 0 saturated carbocycles. The molecular weight excluding hydrogens is 224 g/mol. The van der Waals surface area contributed by atoms with Crippen molar-refractivity contribution >= 4 is 0 Å². The topological polar surface area (TPSA) is 21.3 Å². The third-order valence-electron chi connectivity index (χ3n) is 3.00. The largest absolute Gasteiger partial charge is 0.381 e. The molecule has 1 heterocycles. The summed E-state index contributed by atoms with van der Waals surface area (Å²) in [6.45, 7) is 1.72. The number of alkyl halides is 2. The Kier molecular flexibility index (Phi) is 4.07. The van der Waals surface area contributed by atoms with Gasteiger partial charge in [-0.15, -0.1) is 0 Å². The third kappa shape index (κ3) is 3.48. The number of hydrogen-bond acceptors (Lipinski definition) is 2. The lowest BCUT2D eigenvalue weighted by molar-refractivity contribution is -0.00389. The monoisotopic (exact) mass is 241 g/mol. The normalized spacial score (nSPS) is 20.7. The molecule has 1 saturated heterocycles. The molecular formula is C13H17F2NO. The number of hydrogen-bond donors (Lipinski definition) is 1. The molecule has 1 N–H and O–H groups in total. The first-order valence-electron chi connectivity index (χ1n) is 5.90. The van der Waals surface area contributed by atoms with Gasteiger partial charge in [0.1, 0.15) is 0 Å². The summed E-state index contributed by atoms with van der Waals surface area (Å²) in [5.41, 5.74) is 0.0650. The maximum atomic E-state index is 13.7. The average Bonchev–Trinajstić information content (AvgIpc) is 2.83. The van der Waals surface area contributed by atoms with E-state index < -0.39 is 5.92 Å². The average molecular weight is 241 g/mol. The van der Waals surface area contributed by atoms with E-state index in [9.17, 15) is 8.78 Å². The van der Waals surface area contributed by atoms with Gasteiger partial charge >= 0.3 is 0 Å². The minimum Gasteiger partial charge on any atom is -0.381 e. The molecule has 1 aliphatic rings. The number of halogens is 2. The van der Waals surface area contributed by atoms with Gasteiger partial charge in [-0.3, -0.25) is 0 Å². The fraction of sp³-hybridized carbons (Fsp3) is 0.538. The second-order valence-corrected chi connectivity index (χ2v) is 4.43. The van der Waals surface area contributed by atoms with E-state index in [1.807, 2.05) is 0 Å². The van der Waals surface area contributed by atoms with E-state index in [1.165, 1.54) is 12.1 Å². The highest BCUT2D eigenvalue weighted by Gasteiger charge is 2.31. The zero-order valence-electron chi connectivity index (χ0n) is 9.66. The molecule has 1 unspecified atom stereocenters. The van der Waals surface area contributed by atoms with Crippen molar-refractivity contribution in [1.82, 2.24) is 5.32 Å². The Morgan fingerprint density at radius 1 is 1.29 bits per heavy atom. The van der Waals surface area contributed by atoms with E-state index in [2.05, 4.69) is 5.32 Å². The van der Waals surface area contributed by atoms with Crippen LogP contribution in [0, 0.1) is 5.92 Å². The zero-order chi connectivity index (χ0) is 12.1. The predicted octanol–water partition coefficient (Wildman–Crippen LogP) is 2.40. The summed E-state index contributed by atoms with van der Waals surface area (Å²) >= 11 is 0. The predicted molar refractivity (Wildman–Crippen MR) is 62.1 cm³/mol. The van der Waals surface area contributed by atoms with E-state index in [4.69, 9.17) is 4.74 Å². The maximum Gasteiger partial charge on any atom is 0.285 e. The van der Waals surface area contributed by atoms with Crippen LogP contribution in [-0.4, -0.2) is 26.3 Å². The highest BCUT2D eigenvalue weighted by atomic mass is 19.3. The van der Waals surface area contributed by atoms with E-state index in [0.29, 0.717) is 19.1 Å². The molecule has 0 spiro atoms. The Hall–Kier alpha value is -1.00. The minimum atomic E-state index is -2.80. The van der Waals surface area contributed by atoms with Crippen molar-refractivity contribution in [1.29, 1.82) is 0 Å². The summed E-state index contributed by atoms with van der Waals surface area (Å²) < 4.78 is 32.7. The van der Waals surface area contributed by atoms with Crippen LogP contribution in [0.1, 0.15) is 12.0 Å². The molecule has 2 rings (SSSR count). The molecule has 17 heavy (non-hydrogen) atoms. The Morgan fingerprint density at radius 2 is 2.06 bits per heavy atom. The van der Waals surface area contributed by atoms with Crippen molar-refractivity contribution in [3.63, 3.8) is 0 Å². The molecule has 1 aliphatic heterocycles. The lowest BCUT2D eigenvalue weighted by Gasteiger charge is -2.18. The fourth-order valence-corrected chi connectivity index (χ4v) is 1.96. The van der Waals surface area contributed by atoms with Gasteiger partial charge in [0.25, 0.3) is 5.92 Å².